The maximum Gasteiger partial charge on any atom is 0.355 e. The lowest BCUT2D eigenvalue weighted by Gasteiger charge is -2.35. The van der Waals surface area contributed by atoms with Crippen LogP contribution < -0.4 is 14.8 Å². The zero-order valence-corrected chi connectivity index (χ0v) is 42.1. The number of nitrogens with zero attached hydrogens (tertiary/aromatic N) is 6. The van der Waals surface area contributed by atoms with Gasteiger partial charge in [0.25, 0.3) is 11.8 Å². The number of amides is 4. The van der Waals surface area contributed by atoms with Gasteiger partial charge in [0, 0.05) is 91.5 Å². The number of piperazine rings is 1. The molecule has 2 saturated heterocycles. The molecule has 18 heteroatoms. The van der Waals surface area contributed by atoms with Gasteiger partial charge in [-0.2, -0.15) is 5.10 Å². The molecule has 9 rings (SSSR count). The summed E-state index contributed by atoms with van der Waals surface area (Å²) in [5.74, 6) is -1.45. The van der Waals surface area contributed by atoms with Crippen LogP contribution in [0.4, 0.5) is 4.39 Å². The third-order valence-corrected chi connectivity index (χ3v) is 14.2. The van der Waals surface area contributed by atoms with Crippen molar-refractivity contribution in [1.29, 1.82) is 0 Å². The number of aryl methyl sites for hydroxylation is 3. The summed E-state index contributed by atoms with van der Waals surface area (Å²) < 4.78 is 36.5. The van der Waals surface area contributed by atoms with Gasteiger partial charge in [0.05, 0.1) is 34.4 Å². The molecule has 0 saturated carbocycles. The van der Waals surface area contributed by atoms with Gasteiger partial charge in [0.1, 0.15) is 34.7 Å². The number of esters is 1. The van der Waals surface area contributed by atoms with Crippen LogP contribution in [0, 0.1) is 19.7 Å². The lowest BCUT2D eigenvalue weighted by molar-refractivity contribution is -0.137. The Labute approximate surface area is 420 Å². The number of hydrogen-bond acceptors (Lipinski definition) is 10. The van der Waals surface area contributed by atoms with Crippen molar-refractivity contribution in [2.45, 2.75) is 85.0 Å². The van der Waals surface area contributed by atoms with E-state index in [1.165, 1.54) is 17.0 Å². The number of carbonyl (C=O) groups excluding carboxylic acids is 5. The number of imide groups is 1. The molecule has 71 heavy (non-hydrogen) atoms. The number of halogens is 3. The molecule has 0 radical (unpaired) electrons. The van der Waals surface area contributed by atoms with Crippen LogP contribution in [-0.2, 0) is 45.7 Å². The molecule has 15 nitrogen and oxygen atoms in total. The average Bonchev–Trinajstić information content (AvgIpc) is 3.91. The van der Waals surface area contributed by atoms with Crippen LogP contribution >= 0.6 is 23.2 Å². The van der Waals surface area contributed by atoms with Crippen LogP contribution in [0.25, 0.3) is 32.8 Å². The molecule has 372 valence electrons. The highest BCUT2D eigenvalue weighted by molar-refractivity contribution is 6.35. The van der Waals surface area contributed by atoms with Crippen LogP contribution in [-0.4, -0.2) is 116 Å². The second-order valence-electron chi connectivity index (χ2n) is 19.4. The normalized spacial score (nSPS) is 16.5. The van der Waals surface area contributed by atoms with Crippen molar-refractivity contribution in [3.05, 3.63) is 110 Å². The van der Waals surface area contributed by atoms with E-state index in [9.17, 15) is 28.4 Å². The minimum atomic E-state index is -0.809. The first-order chi connectivity index (χ1) is 33.9. The van der Waals surface area contributed by atoms with Crippen LogP contribution in [0.1, 0.15) is 83.4 Å². The smallest absolute Gasteiger partial charge is 0.355 e. The predicted molar refractivity (Wildman–Crippen MR) is 268 cm³/mol. The summed E-state index contributed by atoms with van der Waals surface area (Å²) in [6.45, 7) is 12.4. The third kappa shape index (κ3) is 9.94. The van der Waals surface area contributed by atoms with Gasteiger partial charge >= 0.3 is 5.97 Å². The number of nitrogens with one attached hydrogen (secondary N) is 1. The summed E-state index contributed by atoms with van der Waals surface area (Å²) >= 11 is 13.8. The molecule has 1 atom stereocenters. The molecule has 2 fully saturated rings. The third-order valence-electron chi connectivity index (χ3n) is 13.6. The first kappa shape index (κ1) is 49.5. The Morgan fingerprint density at radius 3 is 2.37 bits per heavy atom. The molecule has 1 N–H and O–H groups in total. The van der Waals surface area contributed by atoms with Crippen LogP contribution in [0.3, 0.4) is 0 Å². The van der Waals surface area contributed by atoms with Gasteiger partial charge in [-0.05, 0) is 107 Å². The number of carbonyl (C=O) groups is 5. The Hall–Kier alpha value is -6.49. The fraction of sp³-hybridized carbons (Fsp3) is 0.396. The first-order valence-corrected chi connectivity index (χ1v) is 24.6. The Morgan fingerprint density at radius 1 is 0.901 bits per heavy atom. The highest BCUT2D eigenvalue weighted by Crippen LogP contribution is 2.43. The molecular formula is C53H56Cl2FN7O8. The van der Waals surface area contributed by atoms with Crippen molar-refractivity contribution in [1.82, 2.24) is 34.4 Å². The molecule has 0 spiro atoms. The molecule has 0 aliphatic carbocycles. The molecule has 3 aliphatic heterocycles. The van der Waals surface area contributed by atoms with Gasteiger partial charge < -0.3 is 28.6 Å². The van der Waals surface area contributed by atoms with Gasteiger partial charge in [0.2, 0.25) is 11.8 Å². The molecule has 1 unspecified atom stereocenters. The van der Waals surface area contributed by atoms with E-state index in [1.54, 1.807) is 23.1 Å². The van der Waals surface area contributed by atoms with Gasteiger partial charge in [-0.25, -0.2) is 9.18 Å². The average molecular weight is 1010 g/mol. The molecular weight excluding hydrogens is 953 g/mol. The van der Waals surface area contributed by atoms with E-state index in [4.69, 9.17) is 42.5 Å². The monoisotopic (exact) mass is 1010 g/mol. The lowest BCUT2D eigenvalue weighted by Crippen LogP contribution is -2.52. The summed E-state index contributed by atoms with van der Waals surface area (Å²) in [6.07, 6.45) is 1.35. The second kappa shape index (κ2) is 20.0. The lowest BCUT2D eigenvalue weighted by atomic mass is 9.98. The molecule has 6 aromatic rings. The number of benzene rings is 4. The Balaban J connectivity index is 0.941. The van der Waals surface area contributed by atoms with E-state index in [0.29, 0.717) is 86.3 Å². The zero-order chi connectivity index (χ0) is 50.5. The summed E-state index contributed by atoms with van der Waals surface area (Å²) in [6, 6.07) is 16.3. The summed E-state index contributed by atoms with van der Waals surface area (Å²) in [5.41, 5.74) is 5.42. The molecule has 5 heterocycles. The maximum absolute atomic E-state index is 14.6. The molecule has 0 bridgehead atoms. The summed E-state index contributed by atoms with van der Waals surface area (Å²) in [4.78, 5) is 71.6. The minimum Gasteiger partial charge on any atom is -0.493 e. The zero-order valence-electron chi connectivity index (χ0n) is 40.6. The second-order valence-corrected chi connectivity index (χ2v) is 20.2. The standard InChI is InChI=1S/C53H56Cl2FN7O8/c1-30-45(31(2)59(6)58-30)46-39(54)16-14-36-35(10-8-26-69-42-11-7-9-32-27-33(56)12-13-34(32)42)48(52(68)71-53(3,4)5)62(47(36)46)25-22-60-20-23-61(24-21-60)44(65)29-70-49-38-28-63(41-18-19-43(64)57-50(41)66)51(67)37(38)15-17-40(49)55/h7,9,11-17,27,41H,8,10,18-26,28-29H2,1-6H3,(H,57,64,66). The van der Waals surface area contributed by atoms with E-state index in [2.05, 4.69) is 10.2 Å². The number of ether oxygens (including phenoxy) is 3. The predicted octanol–water partition coefficient (Wildman–Crippen LogP) is 8.21. The Kier molecular flexibility index (Phi) is 13.9. The van der Waals surface area contributed by atoms with Crippen molar-refractivity contribution >= 4 is 74.5 Å². The molecule has 2 aromatic heterocycles. The van der Waals surface area contributed by atoms with Crippen molar-refractivity contribution < 1.29 is 42.6 Å². The van der Waals surface area contributed by atoms with Gasteiger partial charge in [-0.1, -0.05) is 41.4 Å². The van der Waals surface area contributed by atoms with Crippen molar-refractivity contribution in [2.24, 2.45) is 7.05 Å². The summed E-state index contributed by atoms with van der Waals surface area (Å²) in [5, 5.41) is 10.2. The van der Waals surface area contributed by atoms with Crippen LogP contribution in [0.5, 0.6) is 11.5 Å². The molecule has 4 amide bonds. The van der Waals surface area contributed by atoms with Crippen LogP contribution in [0.15, 0.2) is 60.7 Å². The highest BCUT2D eigenvalue weighted by atomic mass is 35.5. The van der Waals surface area contributed by atoms with E-state index < -0.39 is 23.5 Å². The van der Waals surface area contributed by atoms with Crippen molar-refractivity contribution in [2.75, 3.05) is 45.9 Å². The van der Waals surface area contributed by atoms with Gasteiger partial charge in [-0.15, -0.1) is 0 Å². The Morgan fingerprint density at radius 2 is 1.65 bits per heavy atom. The highest BCUT2D eigenvalue weighted by Gasteiger charge is 2.41. The number of piperidine rings is 1. The number of aromatic nitrogens is 3. The fourth-order valence-corrected chi connectivity index (χ4v) is 10.6. The van der Waals surface area contributed by atoms with Crippen LogP contribution in [0.2, 0.25) is 10.0 Å². The topological polar surface area (TPSA) is 158 Å². The number of fused-ring (bicyclic) bond motifs is 3. The first-order valence-electron chi connectivity index (χ1n) is 23.9. The van der Waals surface area contributed by atoms with Crippen molar-refractivity contribution in [3.63, 3.8) is 0 Å². The van der Waals surface area contributed by atoms with Gasteiger partial charge in [-0.3, -0.25) is 34.1 Å². The number of hydrogen-bond donors (Lipinski definition) is 1. The van der Waals surface area contributed by atoms with Gasteiger partial charge in [0.15, 0.2) is 6.61 Å². The molecule has 4 aromatic carbocycles. The number of rotatable bonds is 14. The molecule has 3 aliphatic rings. The van der Waals surface area contributed by atoms with E-state index in [0.717, 1.165) is 49.8 Å². The van der Waals surface area contributed by atoms with Crippen molar-refractivity contribution in [3.8, 4) is 22.6 Å². The summed E-state index contributed by atoms with van der Waals surface area (Å²) in [7, 11) is 1.89. The largest absolute Gasteiger partial charge is 0.493 e. The minimum absolute atomic E-state index is 0.0522. The van der Waals surface area contributed by atoms with E-state index in [1.807, 2.05) is 81.2 Å². The van der Waals surface area contributed by atoms with E-state index in [-0.39, 0.29) is 60.3 Å². The maximum atomic E-state index is 14.6. The fourth-order valence-electron chi connectivity index (χ4n) is 10.1. The quantitative estimate of drug-likeness (QED) is 0.0641. The SMILES string of the molecule is Cc1nn(C)c(C)c1-c1c(Cl)ccc2c(CCCOc3cccc4cc(F)ccc34)c(C(=O)OC(C)(C)C)n(CCN3CCN(C(=O)COc4c(Cl)ccc5c4CN(C4CCC(=O)NC4=O)C5=O)CC3)c12. The Bertz CT molecular complexity index is 3130. The van der Waals surface area contributed by atoms with E-state index >= 15 is 0 Å².